The van der Waals surface area contributed by atoms with Crippen LogP contribution in [0.1, 0.15) is 41.4 Å². The highest BCUT2D eigenvalue weighted by molar-refractivity contribution is 6.34. The van der Waals surface area contributed by atoms with Crippen LogP contribution in [0.2, 0.25) is 0 Å². The van der Waals surface area contributed by atoms with Crippen LogP contribution in [0.4, 0.5) is 22.7 Å². The quantitative estimate of drug-likeness (QED) is 0.217. The van der Waals surface area contributed by atoms with Crippen molar-refractivity contribution in [2.45, 2.75) is 0 Å². The Morgan fingerprint density at radius 1 is 0.658 bits per heavy atom. The summed E-state index contributed by atoms with van der Waals surface area (Å²) in [4.78, 5) is 62.8. The molecular formula is C28H18N4O6. The fraction of sp³-hybridized carbons (Fsp3) is 0. The zero-order valence-electron chi connectivity index (χ0n) is 19.6. The van der Waals surface area contributed by atoms with E-state index >= 15 is 0 Å². The fourth-order valence-electron chi connectivity index (χ4n) is 4.03. The van der Waals surface area contributed by atoms with Gasteiger partial charge in [-0.2, -0.15) is 0 Å². The van der Waals surface area contributed by atoms with Crippen molar-refractivity contribution >= 4 is 46.4 Å². The molecule has 10 heteroatoms. The van der Waals surface area contributed by atoms with Gasteiger partial charge in [0, 0.05) is 34.6 Å². The first kappa shape index (κ1) is 24.1. The van der Waals surface area contributed by atoms with Crippen LogP contribution in [-0.2, 0) is 0 Å². The maximum Gasteiger partial charge on any atom is 0.270 e. The minimum absolute atomic E-state index is 0.0677. The van der Waals surface area contributed by atoms with Gasteiger partial charge >= 0.3 is 0 Å². The topological polar surface area (TPSA) is 139 Å². The number of rotatable bonds is 6. The van der Waals surface area contributed by atoms with Crippen LogP contribution in [-0.4, -0.2) is 28.6 Å². The first-order valence-electron chi connectivity index (χ1n) is 11.4. The van der Waals surface area contributed by atoms with E-state index in [1.165, 1.54) is 42.5 Å². The van der Waals surface area contributed by atoms with Crippen LogP contribution in [0, 0.1) is 10.1 Å². The second kappa shape index (κ2) is 9.78. The molecule has 0 aromatic heterocycles. The maximum atomic E-state index is 13.2. The van der Waals surface area contributed by atoms with Crippen molar-refractivity contribution < 1.29 is 24.1 Å². The summed E-state index contributed by atoms with van der Waals surface area (Å²) in [5, 5.41) is 16.3. The monoisotopic (exact) mass is 506 g/mol. The summed E-state index contributed by atoms with van der Waals surface area (Å²) in [6, 6.07) is 24.5. The van der Waals surface area contributed by atoms with Crippen molar-refractivity contribution in [3.05, 3.63) is 129 Å². The molecule has 1 heterocycles. The first-order chi connectivity index (χ1) is 18.3. The molecule has 0 atom stereocenters. The molecule has 0 fully saturated rings. The minimum Gasteiger partial charge on any atom is -0.322 e. The molecule has 4 aromatic rings. The predicted octanol–water partition coefficient (Wildman–Crippen LogP) is 4.90. The van der Waals surface area contributed by atoms with Crippen molar-refractivity contribution in [1.29, 1.82) is 0 Å². The number of hydrogen-bond acceptors (Lipinski definition) is 6. The molecule has 0 aliphatic carbocycles. The van der Waals surface area contributed by atoms with E-state index in [-0.39, 0.29) is 39.7 Å². The standard InChI is InChI=1S/C28H18N4O6/c33-25(17-6-2-1-3-7-17)29-19-9-5-10-21(15-19)31-27(35)23-13-12-20(16-24(23)28(31)36)30-26(34)18-8-4-11-22(14-18)32(37)38/h1-16H,(H,29,33)(H,30,34). The van der Waals surface area contributed by atoms with E-state index in [0.29, 0.717) is 11.3 Å². The molecule has 186 valence electrons. The van der Waals surface area contributed by atoms with Crippen LogP contribution in [0.3, 0.4) is 0 Å². The largest absolute Gasteiger partial charge is 0.322 e. The second-order valence-corrected chi connectivity index (χ2v) is 8.34. The highest BCUT2D eigenvalue weighted by Crippen LogP contribution is 2.31. The number of anilines is 3. The zero-order chi connectivity index (χ0) is 26.8. The van der Waals surface area contributed by atoms with Crippen molar-refractivity contribution in [3.63, 3.8) is 0 Å². The molecule has 1 aliphatic heterocycles. The Kier molecular flexibility index (Phi) is 6.20. The highest BCUT2D eigenvalue weighted by Gasteiger charge is 2.37. The van der Waals surface area contributed by atoms with Gasteiger partial charge in [0.1, 0.15) is 0 Å². The lowest BCUT2D eigenvalue weighted by Gasteiger charge is -2.15. The van der Waals surface area contributed by atoms with Crippen molar-refractivity contribution in [2.75, 3.05) is 15.5 Å². The molecule has 2 N–H and O–H groups in total. The number of nitro benzene ring substituents is 1. The van der Waals surface area contributed by atoms with Crippen LogP contribution >= 0.6 is 0 Å². The summed E-state index contributed by atoms with van der Waals surface area (Å²) in [5.74, 6) is -2.09. The number of carbonyl (C=O) groups excluding carboxylic acids is 4. The number of amides is 4. The smallest absolute Gasteiger partial charge is 0.270 e. The fourth-order valence-corrected chi connectivity index (χ4v) is 4.03. The van der Waals surface area contributed by atoms with Crippen molar-refractivity contribution in [3.8, 4) is 0 Å². The van der Waals surface area contributed by atoms with E-state index in [4.69, 9.17) is 0 Å². The lowest BCUT2D eigenvalue weighted by atomic mass is 10.1. The predicted molar refractivity (Wildman–Crippen MR) is 139 cm³/mol. The highest BCUT2D eigenvalue weighted by atomic mass is 16.6. The number of hydrogen-bond donors (Lipinski definition) is 2. The lowest BCUT2D eigenvalue weighted by Crippen LogP contribution is -2.29. The molecule has 0 saturated heterocycles. The van der Waals surface area contributed by atoms with Gasteiger partial charge in [-0.25, -0.2) is 4.90 Å². The normalized spacial score (nSPS) is 12.2. The number of benzene rings is 4. The summed E-state index contributed by atoms with van der Waals surface area (Å²) < 4.78 is 0. The molecule has 0 radical (unpaired) electrons. The lowest BCUT2D eigenvalue weighted by molar-refractivity contribution is -0.384. The Bertz CT molecular complexity index is 1630. The van der Waals surface area contributed by atoms with Gasteiger partial charge in [-0.1, -0.05) is 30.3 Å². The Morgan fingerprint density at radius 3 is 2.03 bits per heavy atom. The average Bonchev–Trinajstić information content (AvgIpc) is 3.18. The molecule has 0 bridgehead atoms. The summed E-state index contributed by atoms with van der Waals surface area (Å²) in [6.45, 7) is 0. The molecule has 4 amide bonds. The summed E-state index contributed by atoms with van der Waals surface area (Å²) in [5.41, 5.74) is 1.45. The molecule has 1 aliphatic rings. The van der Waals surface area contributed by atoms with Crippen LogP contribution in [0.25, 0.3) is 0 Å². The third kappa shape index (κ3) is 4.61. The minimum atomic E-state index is -0.607. The molecule has 0 saturated carbocycles. The van der Waals surface area contributed by atoms with Gasteiger partial charge in [-0.3, -0.25) is 29.3 Å². The third-order valence-electron chi connectivity index (χ3n) is 5.86. The van der Waals surface area contributed by atoms with E-state index in [2.05, 4.69) is 10.6 Å². The van der Waals surface area contributed by atoms with Gasteiger partial charge in [-0.05, 0) is 54.6 Å². The van der Waals surface area contributed by atoms with Gasteiger partial charge in [0.15, 0.2) is 0 Å². The van der Waals surface area contributed by atoms with Crippen molar-refractivity contribution in [1.82, 2.24) is 0 Å². The number of non-ortho nitro benzene ring substituents is 1. The molecular weight excluding hydrogens is 488 g/mol. The van der Waals surface area contributed by atoms with Gasteiger partial charge in [-0.15, -0.1) is 0 Å². The number of carbonyl (C=O) groups is 4. The van der Waals surface area contributed by atoms with E-state index in [1.54, 1.807) is 48.5 Å². The SMILES string of the molecule is O=C(Nc1cccc(N2C(=O)c3ccc(NC(=O)c4cccc([N+](=O)[O-])c4)cc3C2=O)c1)c1ccccc1. The summed E-state index contributed by atoms with van der Waals surface area (Å²) in [7, 11) is 0. The van der Waals surface area contributed by atoms with Gasteiger partial charge in [0.2, 0.25) is 0 Å². The number of nitrogens with one attached hydrogen (secondary N) is 2. The van der Waals surface area contributed by atoms with E-state index in [1.807, 2.05) is 0 Å². The van der Waals surface area contributed by atoms with Gasteiger partial charge in [0.25, 0.3) is 29.3 Å². The van der Waals surface area contributed by atoms with E-state index in [0.717, 1.165) is 11.0 Å². The Morgan fingerprint density at radius 2 is 1.29 bits per heavy atom. The number of nitrogens with zero attached hydrogens (tertiary/aromatic N) is 2. The molecule has 10 nitrogen and oxygen atoms in total. The molecule has 5 rings (SSSR count). The van der Waals surface area contributed by atoms with E-state index < -0.39 is 22.6 Å². The van der Waals surface area contributed by atoms with Gasteiger partial charge < -0.3 is 10.6 Å². The second-order valence-electron chi connectivity index (χ2n) is 8.34. The third-order valence-corrected chi connectivity index (χ3v) is 5.86. The summed E-state index contributed by atoms with van der Waals surface area (Å²) >= 11 is 0. The number of imide groups is 1. The van der Waals surface area contributed by atoms with Gasteiger partial charge in [0.05, 0.1) is 21.7 Å². The zero-order valence-corrected chi connectivity index (χ0v) is 19.6. The summed E-state index contributed by atoms with van der Waals surface area (Å²) in [6.07, 6.45) is 0. The molecule has 4 aromatic carbocycles. The van der Waals surface area contributed by atoms with E-state index in [9.17, 15) is 29.3 Å². The van der Waals surface area contributed by atoms with Crippen molar-refractivity contribution in [2.24, 2.45) is 0 Å². The van der Waals surface area contributed by atoms with Crippen LogP contribution in [0.5, 0.6) is 0 Å². The van der Waals surface area contributed by atoms with Crippen LogP contribution < -0.4 is 15.5 Å². The Labute approximate surface area is 215 Å². The number of nitro groups is 1. The Balaban J connectivity index is 1.36. The molecule has 38 heavy (non-hydrogen) atoms. The number of fused-ring (bicyclic) bond motifs is 1. The first-order valence-corrected chi connectivity index (χ1v) is 11.4. The van der Waals surface area contributed by atoms with Crippen LogP contribution in [0.15, 0.2) is 97.1 Å². The average molecular weight is 506 g/mol. The maximum absolute atomic E-state index is 13.2. The molecule has 0 spiro atoms. The molecule has 0 unspecified atom stereocenters. The Hall–Kier alpha value is -5.64.